The lowest BCUT2D eigenvalue weighted by Gasteiger charge is -2.41. The maximum Gasteiger partial charge on any atom is 0.0646 e. The van der Waals surface area contributed by atoms with Crippen molar-refractivity contribution < 1.29 is 4.74 Å². The summed E-state index contributed by atoms with van der Waals surface area (Å²) in [5.74, 6) is 0. The van der Waals surface area contributed by atoms with Crippen LogP contribution in [0.5, 0.6) is 0 Å². The van der Waals surface area contributed by atoms with E-state index in [0.717, 1.165) is 26.2 Å². The molecular weight excluding hydrogens is 200 g/mol. The van der Waals surface area contributed by atoms with Crippen LogP contribution in [-0.4, -0.2) is 37.9 Å². The van der Waals surface area contributed by atoms with Gasteiger partial charge in [0.2, 0.25) is 0 Å². The molecule has 2 atom stereocenters. The molecule has 2 aliphatic heterocycles. The van der Waals surface area contributed by atoms with Gasteiger partial charge in [-0.3, -0.25) is 0 Å². The second-order valence-corrected chi connectivity index (χ2v) is 6.34. The van der Waals surface area contributed by atoms with E-state index in [9.17, 15) is 0 Å². The predicted octanol–water partition coefficient (Wildman–Crippen LogP) is 1.53. The fraction of sp³-hybridized carbons (Fsp3) is 1.00. The van der Waals surface area contributed by atoms with Crippen molar-refractivity contribution >= 4 is 0 Å². The third-order valence-electron chi connectivity index (χ3n) is 4.28. The molecule has 3 nitrogen and oxygen atoms in total. The van der Waals surface area contributed by atoms with Gasteiger partial charge in [-0.25, -0.2) is 0 Å². The molecule has 2 aliphatic rings. The molecule has 0 saturated carbocycles. The second kappa shape index (κ2) is 4.63. The Labute approximate surface area is 99.3 Å². The molecule has 2 fully saturated rings. The average Bonchev–Trinajstić information content (AvgIpc) is 2.64. The van der Waals surface area contributed by atoms with E-state index in [1.54, 1.807) is 0 Å². The molecule has 0 aromatic carbocycles. The Hall–Kier alpha value is -0.120. The number of piperidine rings is 1. The Morgan fingerprint density at radius 3 is 2.75 bits per heavy atom. The van der Waals surface area contributed by atoms with Gasteiger partial charge in [-0.2, -0.15) is 0 Å². The van der Waals surface area contributed by atoms with E-state index in [2.05, 4.69) is 31.4 Å². The molecule has 2 rings (SSSR count). The van der Waals surface area contributed by atoms with Crippen LogP contribution in [0.1, 0.15) is 40.0 Å². The van der Waals surface area contributed by atoms with Crippen LogP contribution in [0.3, 0.4) is 0 Å². The van der Waals surface area contributed by atoms with Crippen molar-refractivity contribution in [3.05, 3.63) is 0 Å². The minimum atomic E-state index is 0.204. The normalized spacial score (nSPS) is 38.8. The summed E-state index contributed by atoms with van der Waals surface area (Å²) in [7, 11) is 0. The molecule has 2 unspecified atom stereocenters. The van der Waals surface area contributed by atoms with Gasteiger partial charge in [0.1, 0.15) is 0 Å². The van der Waals surface area contributed by atoms with Crippen LogP contribution in [0.2, 0.25) is 0 Å². The number of nitrogens with one attached hydrogen (secondary N) is 2. The summed E-state index contributed by atoms with van der Waals surface area (Å²) in [6, 6.07) is 0.596. The van der Waals surface area contributed by atoms with Crippen molar-refractivity contribution in [2.24, 2.45) is 5.41 Å². The lowest BCUT2D eigenvalue weighted by Crippen LogP contribution is -2.56. The van der Waals surface area contributed by atoms with Gasteiger partial charge >= 0.3 is 0 Å². The first-order valence-corrected chi connectivity index (χ1v) is 6.58. The van der Waals surface area contributed by atoms with Crippen LogP contribution < -0.4 is 10.6 Å². The van der Waals surface area contributed by atoms with Crippen LogP contribution in [0.4, 0.5) is 0 Å². The van der Waals surface area contributed by atoms with Crippen molar-refractivity contribution in [1.29, 1.82) is 0 Å². The van der Waals surface area contributed by atoms with E-state index >= 15 is 0 Å². The molecule has 2 saturated heterocycles. The quantitative estimate of drug-likeness (QED) is 0.766. The van der Waals surface area contributed by atoms with Crippen LogP contribution in [0.15, 0.2) is 0 Å². The molecule has 16 heavy (non-hydrogen) atoms. The van der Waals surface area contributed by atoms with Gasteiger partial charge in [0.05, 0.1) is 6.61 Å². The van der Waals surface area contributed by atoms with Gasteiger partial charge in [0.25, 0.3) is 0 Å². The molecule has 3 heteroatoms. The Kier molecular flexibility index (Phi) is 3.57. The highest BCUT2D eigenvalue weighted by Crippen LogP contribution is 2.30. The summed E-state index contributed by atoms with van der Waals surface area (Å²) >= 11 is 0. The Balaban J connectivity index is 1.84. The highest BCUT2D eigenvalue weighted by Gasteiger charge is 2.35. The van der Waals surface area contributed by atoms with E-state index in [-0.39, 0.29) is 5.54 Å². The van der Waals surface area contributed by atoms with Gasteiger partial charge in [0.15, 0.2) is 0 Å². The first-order chi connectivity index (χ1) is 7.52. The third kappa shape index (κ3) is 2.76. The maximum absolute atomic E-state index is 5.47. The highest BCUT2D eigenvalue weighted by atomic mass is 16.5. The van der Waals surface area contributed by atoms with E-state index in [0.29, 0.717) is 11.5 Å². The smallest absolute Gasteiger partial charge is 0.0646 e. The zero-order valence-corrected chi connectivity index (χ0v) is 10.9. The summed E-state index contributed by atoms with van der Waals surface area (Å²) in [6.45, 7) is 11.0. The largest absolute Gasteiger partial charge is 0.379 e. The van der Waals surface area contributed by atoms with Gasteiger partial charge in [-0.05, 0) is 38.1 Å². The lowest BCUT2D eigenvalue weighted by atomic mass is 9.77. The number of ether oxygens (including phenoxy) is 1. The molecule has 0 bridgehead atoms. The topological polar surface area (TPSA) is 33.3 Å². The predicted molar refractivity (Wildman–Crippen MR) is 66.6 cm³/mol. The summed E-state index contributed by atoms with van der Waals surface area (Å²) in [6.07, 6.45) is 3.78. The zero-order chi connectivity index (χ0) is 11.6. The molecular formula is C13H26N2O. The monoisotopic (exact) mass is 226 g/mol. The SMILES string of the molecule is CC1(NCC2NCCCC2(C)C)CCOC1. The fourth-order valence-electron chi connectivity index (χ4n) is 2.77. The standard InChI is InChI=1S/C13H26N2O/c1-12(2)5-4-7-14-11(12)9-15-13(3)6-8-16-10-13/h11,14-15H,4-10H2,1-3H3. The van der Waals surface area contributed by atoms with Crippen LogP contribution in [0.25, 0.3) is 0 Å². The summed E-state index contributed by atoms with van der Waals surface area (Å²) < 4.78 is 5.47. The highest BCUT2D eigenvalue weighted by molar-refractivity contribution is 4.94. The van der Waals surface area contributed by atoms with Gasteiger partial charge in [-0.1, -0.05) is 13.8 Å². The minimum absolute atomic E-state index is 0.204. The van der Waals surface area contributed by atoms with E-state index in [1.807, 2.05) is 0 Å². The average molecular weight is 226 g/mol. The second-order valence-electron chi connectivity index (χ2n) is 6.34. The molecule has 0 aromatic heterocycles. The van der Waals surface area contributed by atoms with E-state index in [4.69, 9.17) is 4.74 Å². The lowest BCUT2D eigenvalue weighted by molar-refractivity contribution is 0.147. The number of hydrogen-bond donors (Lipinski definition) is 2. The molecule has 0 spiro atoms. The summed E-state index contributed by atoms with van der Waals surface area (Å²) in [5.41, 5.74) is 0.621. The van der Waals surface area contributed by atoms with E-state index in [1.165, 1.54) is 19.4 Å². The maximum atomic E-state index is 5.47. The number of rotatable bonds is 3. The fourth-order valence-corrected chi connectivity index (χ4v) is 2.77. The molecule has 0 aromatic rings. The van der Waals surface area contributed by atoms with Crippen molar-refractivity contribution in [1.82, 2.24) is 10.6 Å². The zero-order valence-electron chi connectivity index (χ0n) is 10.9. The molecule has 2 N–H and O–H groups in total. The van der Waals surface area contributed by atoms with Crippen molar-refractivity contribution in [3.8, 4) is 0 Å². The van der Waals surface area contributed by atoms with Gasteiger partial charge in [0, 0.05) is 24.7 Å². The van der Waals surface area contributed by atoms with Gasteiger partial charge < -0.3 is 15.4 Å². The molecule has 0 amide bonds. The Morgan fingerprint density at radius 1 is 1.31 bits per heavy atom. The minimum Gasteiger partial charge on any atom is -0.379 e. The number of hydrogen-bond acceptors (Lipinski definition) is 3. The molecule has 2 heterocycles. The van der Waals surface area contributed by atoms with Crippen LogP contribution in [0, 0.1) is 5.41 Å². The first-order valence-electron chi connectivity index (χ1n) is 6.58. The molecule has 0 aliphatic carbocycles. The molecule has 94 valence electrons. The van der Waals surface area contributed by atoms with Crippen molar-refractivity contribution in [2.75, 3.05) is 26.3 Å². The van der Waals surface area contributed by atoms with Crippen LogP contribution in [-0.2, 0) is 4.74 Å². The Morgan fingerprint density at radius 2 is 2.12 bits per heavy atom. The van der Waals surface area contributed by atoms with E-state index < -0.39 is 0 Å². The Bertz CT molecular complexity index is 234. The van der Waals surface area contributed by atoms with Gasteiger partial charge in [-0.15, -0.1) is 0 Å². The third-order valence-corrected chi connectivity index (χ3v) is 4.28. The first kappa shape index (κ1) is 12.3. The molecule has 0 radical (unpaired) electrons. The summed E-state index contributed by atoms with van der Waals surface area (Å²) in [4.78, 5) is 0. The van der Waals surface area contributed by atoms with Crippen LogP contribution >= 0.6 is 0 Å². The van der Waals surface area contributed by atoms with Crippen molar-refractivity contribution in [2.45, 2.75) is 51.6 Å². The van der Waals surface area contributed by atoms with Crippen molar-refractivity contribution in [3.63, 3.8) is 0 Å². The summed E-state index contributed by atoms with van der Waals surface area (Å²) in [5, 5.41) is 7.34.